The Labute approximate surface area is 305 Å². The van der Waals surface area contributed by atoms with Crippen LogP contribution in [0.15, 0.2) is 0 Å². The Hall–Kier alpha value is -0.261. The summed E-state index contributed by atoms with van der Waals surface area (Å²) in [6.45, 7) is 4.62. The van der Waals surface area contributed by atoms with Crippen molar-refractivity contribution in [1.82, 2.24) is 0 Å². The summed E-state index contributed by atoms with van der Waals surface area (Å²) in [5.74, 6) is -1.74. The number of carboxylic acid groups (broad SMARTS) is 2. The molecule has 0 saturated carbocycles. The van der Waals surface area contributed by atoms with E-state index in [2.05, 4.69) is 13.8 Å². The van der Waals surface area contributed by atoms with Crippen molar-refractivity contribution in [3.8, 4) is 0 Å². The molecule has 2 radical (unpaired) electrons. The molecule has 4 nitrogen and oxygen atoms in total. The average molecular weight is 772 g/mol. The minimum atomic E-state index is -0.870. The second kappa shape index (κ2) is 45.7. The molecular formula is C42H84O4Sn. The third kappa shape index (κ3) is 52.7. The minimum absolute atomic E-state index is 0.00985. The molecule has 5 heteroatoms. The summed E-state index contributed by atoms with van der Waals surface area (Å²) in [7, 11) is 0. The van der Waals surface area contributed by atoms with E-state index in [1.807, 2.05) is 0 Å². The van der Waals surface area contributed by atoms with Crippen LogP contribution in [-0.4, -0.2) is 43.3 Å². The minimum Gasteiger partial charge on any atom is -0.481 e. The van der Waals surface area contributed by atoms with E-state index < -0.39 is 11.9 Å². The van der Waals surface area contributed by atoms with Gasteiger partial charge in [-0.05, 0) is 12.8 Å². The molecule has 0 aliphatic heterocycles. The van der Waals surface area contributed by atoms with Gasteiger partial charge in [-0.1, -0.05) is 78.1 Å². The van der Waals surface area contributed by atoms with Gasteiger partial charge in [-0.3, -0.25) is 9.59 Å². The van der Waals surface area contributed by atoms with Gasteiger partial charge in [0.1, 0.15) is 0 Å². The molecule has 280 valence electrons. The Morgan fingerprint density at radius 1 is 0.319 bits per heavy atom. The van der Waals surface area contributed by atoms with E-state index in [0.717, 1.165) is 0 Å². The van der Waals surface area contributed by atoms with Crippen LogP contribution in [0.5, 0.6) is 0 Å². The summed E-state index contributed by atoms with van der Waals surface area (Å²) < 4.78 is 3.33. The van der Waals surface area contributed by atoms with Crippen LogP contribution in [0.1, 0.15) is 245 Å². The fraction of sp³-hybridized carbons (Fsp3) is 0.952. The first-order chi connectivity index (χ1) is 23.0. The van der Waals surface area contributed by atoms with E-state index in [4.69, 9.17) is 10.2 Å². The van der Waals surface area contributed by atoms with Crippen molar-refractivity contribution < 1.29 is 19.8 Å². The molecule has 0 heterocycles. The predicted molar refractivity (Wildman–Crippen MR) is 208 cm³/mol. The van der Waals surface area contributed by atoms with Gasteiger partial charge in [0.05, 0.1) is 0 Å². The second-order valence-corrected chi connectivity index (χ2v) is 18.6. The van der Waals surface area contributed by atoms with E-state index in [0.29, 0.717) is 12.8 Å². The van der Waals surface area contributed by atoms with Crippen LogP contribution in [0.4, 0.5) is 0 Å². The van der Waals surface area contributed by atoms with Gasteiger partial charge in [0.25, 0.3) is 0 Å². The van der Waals surface area contributed by atoms with Crippen molar-refractivity contribution in [2.75, 3.05) is 0 Å². The third-order valence-electron chi connectivity index (χ3n) is 9.45. The topological polar surface area (TPSA) is 74.6 Å². The summed E-state index contributed by atoms with van der Waals surface area (Å²) in [5, 5.41) is 16.3. The van der Waals surface area contributed by atoms with Crippen molar-refractivity contribution in [2.45, 2.75) is 254 Å². The van der Waals surface area contributed by atoms with Crippen LogP contribution in [0.3, 0.4) is 0 Å². The number of unbranched alkanes of at least 4 members (excludes halogenated alkanes) is 31. The Morgan fingerprint density at radius 3 is 0.702 bits per heavy atom. The first-order valence-electron chi connectivity index (χ1n) is 21.2. The Morgan fingerprint density at radius 2 is 0.511 bits per heavy atom. The number of rotatable bonds is 39. The standard InChI is InChI=1S/2C18H37.C6H10O4.Sn/c2*1-3-5-7-9-11-13-15-17-18-16-14-12-10-8-6-4-2;7-5(8)3-1-2-4-6(9)10;/h2*1,3-18H2,2H3;1-4H2,(H,7,8)(H,9,10);. The molecule has 0 atom stereocenters. The van der Waals surface area contributed by atoms with Crippen molar-refractivity contribution in [1.29, 1.82) is 0 Å². The van der Waals surface area contributed by atoms with Gasteiger partial charge in [-0.25, -0.2) is 0 Å². The third-order valence-corrected chi connectivity index (χ3v) is 13.5. The van der Waals surface area contributed by atoms with E-state index in [1.165, 1.54) is 193 Å². The van der Waals surface area contributed by atoms with E-state index >= 15 is 0 Å². The zero-order valence-corrected chi connectivity index (χ0v) is 34.9. The van der Waals surface area contributed by atoms with E-state index in [-0.39, 0.29) is 34.0 Å². The first kappa shape index (κ1) is 48.9. The maximum absolute atomic E-state index is 9.90. The van der Waals surface area contributed by atoms with Gasteiger partial charge in [-0.15, -0.1) is 0 Å². The van der Waals surface area contributed by atoms with Crippen molar-refractivity contribution in [2.24, 2.45) is 0 Å². The fourth-order valence-electron chi connectivity index (χ4n) is 6.27. The number of carboxylic acids is 2. The van der Waals surface area contributed by atoms with Crippen LogP contribution < -0.4 is 0 Å². The smallest absolute Gasteiger partial charge is 0.481 e. The van der Waals surface area contributed by atoms with Crippen LogP contribution >= 0.6 is 0 Å². The first-order valence-corrected chi connectivity index (χ1v) is 25.2. The van der Waals surface area contributed by atoms with Gasteiger partial charge in [0, 0.05) is 12.8 Å². The summed E-state index contributed by atoms with van der Waals surface area (Å²) in [6, 6.07) is 0. The Kier molecular flexibility index (Phi) is 47.5. The van der Waals surface area contributed by atoms with Crippen molar-refractivity contribution in [3.05, 3.63) is 0 Å². The van der Waals surface area contributed by atoms with Gasteiger partial charge < -0.3 is 10.2 Å². The SMILES string of the molecule is CCCCCCCCCCCCCCCCC[CH2][Sn][CH2]CCCCCCCCCCCCCCCCC.O=C(O)CCCCC(=O)O. The molecule has 0 rings (SSSR count). The molecule has 47 heavy (non-hydrogen) atoms. The molecular weight excluding hydrogens is 687 g/mol. The van der Waals surface area contributed by atoms with Gasteiger partial charge in [0.15, 0.2) is 0 Å². The molecule has 0 saturated heterocycles. The van der Waals surface area contributed by atoms with Crippen LogP contribution in [0.25, 0.3) is 0 Å². The Bertz CT molecular complexity index is 547. The number of carbonyl (C=O) groups is 2. The molecule has 0 fully saturated rings. The molecule has 0 unspecified atom stereocenters. The van der Waals surface area contributed by atoms with E-state index in [1.54, 1.807) is 21.7 Å². The van der Waals surface area contributed by atoms with Crippen LogP contribution in [0.2, 0.25) is 8.87 Å². The number of aliphatic carboxylic acids is 2. The fourth-order valence-corrected chi connectivity index (χ4v) is 9.84. The molecule has 0 amide bonds. The maximum atomic E-state index is 9.90. The summed E-state index contributed by atoms with van der Waals surface area (Å²) in [6.07, 6.45) is 48.9. The molecule has 0 aromatic heterocycles. The second-order valence-electron chi connectivity index (χ2n) is 14.4. The van der Waals surface area contributed by atoms with Crippen LogP contribution in [-0.2, 0) is 9.59 Å². The monoisotopic (exact) mass is 773 g/mol. The number of hydrogen-bond donors (Lipinski definition) is 2. The van der Waals surface area contributed by atoms with Crippen LogP contribution in [0, 0.1) is 0 Å². The summed E-state index contributed by atoms with van der Waals surface area (Å²) in [4.78, 5) is 19.8. The summed E-state index contributed by atoms with van der Waals surface area (Å²) >= 11 is 0.00985. The average Bonchev–Trinajstić information content (AvgIpc) is 3.05. The quantitative estimate of drug-likeness (QED) is 0.0482. The van der Waals surface area contributed by atoms with E-state index in [9.17, 15) is 9.59 Å². The van der Waals surface area contributed by atoms with Crippen molar-refractivity contribution >= 4 is 33.1 Å². The van der Waals surface area contributed by atoms with Crippen molar-refractivity contribution in [3.63, 3.8) is 0 Å². The molecule has 0 aromatic rings. The molecule has 0 bridgehead atoms. The van der Waals surface area contributed by atoms with Gasteiger partial charge >= 0.3 is 183 Å². The molecule has 0 aliphatic carbocycles. The molecule has 0 aliphatic rings. The normalized spacial score (nSPS) is 11.0. The van der Waals surface area contributed by atoms with Gasteiger partial charge in [0.2, 0.25) is 0 Å². The Balaban J connectivity index is 0. The predicted octanol–water partition coefficient (Wildman–Crippen LogP) is 14.8. The molecule has 0 aromatic carbocycles. The zero-order valence-electron chi connectivity index (χ0n) is 32.1. The zero-order chi connectivity index (χ0) is 34.7. The number of hydrogen-bond acceptors (Lipinski definition) is 2. The molecule has 2 N–H and O–H groups in total. The summed E-state index contributed by atoms with van der Waals surface area (Å²) in [5.41, 5.74) is 0. The molecule has 0 spiro atoms. The van der Waals surface area contributed by atoms with Gasteiger partial charge in [-0.2, -0.15) is 0 Å².